The molecule has 1 aromatic rings. The standard InChI is InChI=1S/C14H19F3N2O2/c1-13(2,3)18-8-12(20)19-11-6-5-9(21-4)7-10(11)14(15,16)17/h5-7,18H,8H2,1-4H3,(H,19,20). The van der Waals surface area contributed by atoms with Crippen molar-refractivity contribution in [3.05, 3.63) is 23.8 Å². The maximum Gasteiger partial charge on any atom is 0.418 e. The number of carbonyl (C=O) groups excluding carboxylic acids is 1. The van der Waals surface area contributed by atoms with E-state index in [4.69, 9.17) is 4.74 Å². The summed E-state index contributed by atoms with van der Waals surface area (Å²) in [5, 5.41) is 5.17. The van der Waals surface area contributed by atoms with Crippen LogP contribution in [0.25, 0.3) is 0 Å². The third kappa shape index (κ3) is 5.63. The Bertz CT molecular complexity index is 508. The summed E-state index contributed by atoms with van der Waals surface area (Å²) in [7, 11) is 1.28. The Labute approximate surface area is 121 Å². The topological polar surface area (TPSA) is 50.4 Å². The van der Waals surface area contributed by atoms with Gasteiger partial charge in [0.2, 0.25) is 5.91 Å². The van der Waals surface area contributed by atoms with Crippen LogP contribution in [-0.4, -0.2) is 25.1 Å². The molecule has 4 nitrogen and oxygen atoms in total. The van der Waals surface area contributed by atoms with Crippen LogP contribution in [0, 0.1) is 0 Å². The van der Waals surface area contributed by atoms with Gasteiger partial charge in [-0.25, -0.2) is 0 Å². The molecule has 0 unspecified atom stereocenters. The molecule has 0 radical (unpaired) electrons. The van der Waals surface area contributed by atoms with E-state index < -0.39 is 17.6 Å². The number of benzene rings is 1. The SMILES string of the molecule is COc1ccc(NC(=O)CNC(C)(C)C)c(C(F)(F)F)c1. The second-order valence-corrected chi connectivity index (χ2v) is 5.56. The Morgan fingerprint density at radius 2 is 1.86 bits per heavy atom. The molecule has 118 valence electrons. The van der Waals surface area contributed by atoms with Crippen LogP contribution in [-0.2, 0) is 11.0 Å². The molecule has 0 heterocycles. The van der Waals surface area contributed by atoms with Crippen LogP contribution in [0.15, 0.2) is 18.2 Å². The van der Waals surface area contributed by atoms with Crippen molar-refractivity contribution < 1.29 is 22.7 Å². The number of halogens is 3. The van der Waals surface area contributed by atoms with E-state index in [1.807, 2.05) is 20.8 Å². The van der Waals surface area contributed by atoms with Crippen LogP contribution in [0.2, 0.25) is 0 Å². The van der Waals surface area contributed by atoms with E-state index in [2.05, 4.69) is 10.6 Å². The van der Waals surface area contributed by atoms with Gasteiger partial charge in [-0.3, -0.25) is 4.79 Å². The summed E-state index contributed by atoms with van der Waals surface area (Å²) < 4.78 is 43.7. The summed E-state index contributed by atoms with van der Waals surface area (Å²) in [5.74, 6) is -0.464. The lowest BCUT2D eigenvalue weighted by Crippen LogP contribution is -2.41. The Morgan fingerprint density at radius 1 is 1.24 bits per heavy atom. The van der Waals surface area contributed by atoms with E-state index >= 15 is 0 Å². The lowest BCUT2D eigenvalue weighted by molar-refractivity contribution is -0.137. The number of rotatable bonds is 4. The highest BCUT2D eigenvalue weighted by Gasteiger charge is 2.34. The molecule has 0 spiro atoms. The lowest BCUT2D eigenvalue weighted by Gasteiger charge is -2.20. The molecular formula is C14H19F3N2O2. The first-order valence-electron chi connectivity index (χ1n) is 6.33. The number of carbonyl (C=O) groups is 1. The summed E-state index contributed by atoms with van der Waals surface area (Å²) in [6, 6.07) is 3.39. The van der Waals surface area contributed by atoms with Gasteiger partial charge < -0.3 is 15.4 Å². The van der Waals surface area contributed by atoms with Gasteiger partial charge in [0.05, 0.1) is 24.9 Å². The van der Waals surface area contributed by atoms with Gasteiger partial charge in [0.1, 0.15) is 5.75 Å². The zero-order valence-electron chi connectivity index (χ0n) is 12.4. The summed E-state index contributed by atoms with van der Waals surface area (Å²) in [5.41, 5.74) is -1.53. The average Bonchev–Trinajstić information content (AvgIpc) is 2.35. The molecule has 1 rings (SSSR count). The van der Waals surface area contributed by atoms with Crippen molar-refractivity contribution in [2.45, 2.75) is 32.5 Å². The summed E-state index contributed by atoms with van der Waals surface area (Å²) >= 11 is 0. The summed E-state index contributed by atoms with van der Waals surface area (Å²) in [6.07, 6.45) is -4.57. The molecule has 0 saturated heterocycles. The molecule has 7 heteroatoms. The quantitative estimate of drug-likeness (QED) is 0.899. The minimum absolute atomic E-state index is 0.0766. The molecule has 0 fully saturated rings. The second-order valence-electron chi connectivity index (χ2n) is 5.56. The van der Waals surface area contributed by atoms with Gasteiger partial charge >= 0.3 is 6.18 Å². The Hall–Kier alpha value is -1.76. The van der Waals surface area contributed by atoms with Crippen molar-refractivity contribution in [1.82, 2.24) is 5.32 Å². The van der Waals surface area contributed by atoms with Crippen molar-refractivity contribution in [3.8, 4) is 5.75 Å². The molecule has 21 heavy (non-hydrogen) atoms. The highest BCUT2D eigenvalue weighted by molar-refractivity contribution is 5.93. The third-order valence-electron chi connectivity index (χ3n) is 2.59. The van der Waals surface area contributed by atoms with Crippen LogP contribution in [0.1, 0.15) is 26.3 Å². The van der Waals surface area contributed by atoms with Gasteiger partial charge in [-0.1, -0.05) is 0 Å². The Kier molecular flexibility index (Phi) is 5.22. The van der Waals surface area contributed by atoms with Gasteiger partial charge in [0.15, 0.2) is 0 Å². The number of hydrogen-bond donors (Lipinski definition) is 2. The largest absolute Gasteiger partial charge is 0.497 e. The molecular weight excluding hydrogens is 285 g/mol. The van der Waals surface area contributed by atoms with Crippen LogP contribution in [0.3, 0.4) is 0 Å². The number of anilines is 1. The number of nitrogens with one attached hydrogen (secondary N) is 2. The molecule has 0 aromatic heterocycles. The highest BCUT2D eigenvalue weighted by atomic mass is 19.4. The van der Waals surface area contributed by atoms with Crippen molar-refractivity contribution in [2.75, 3.05) is 19.0 Å². The van der Waals surface area contributed by atoms with Crippen molar-refractivity contribution in [3.63, 3.8) is 0 Å². The zero-order valence-corrected chi connectivity index (χ0v) is 12.4. The fourth-order valence-electron chi connectivity index (χ4n) is 1.53. The second kappa shape index (κ2) is 6.34. The normalized spacial score (nSPS) is 12.1. The van der Waals surface area contributed by atoms with E-state index in [-0.39, 0.29) is 23.5 Å². The molecule has 1 aromatic carbocycles. The number of methoxy groups -OCH3 is 1. The maximum absolute atomic E-state index is 13.0. The maximum atomic E-state index is 13.0. The van der Waals surface area contributed by atoms with Crippen LogP contribution >= 0.6 is 0 Å². The Morgan fingerprint density at radius 3 is 2.33 bits per heavy atom. The molecule has 0 aliphatic heterocycles. The third-order valence-corrected chi connectivity index (χ3v) is 2.59. The fourth-order valence-corrected chi connectivity index (χ4v) is 1.53. The van der Waals surface area contributed by atoms with E-state index in [1.54, 1.807) is 0 Å². The van der Waals surface area contributed by atoms with Crippen molar-refractivity contribution in [1.29, 1.82) is 0 Å². The summed E-state index contributed by atoms with van der Waals surface area (Å²) in [4.78, 5) is 11.7. The highest BCUT2D eigenvalue weighted by Crippen LogP contribution is 2.37. The zero-order chi connectivity index (χ0) is 16.3. The molecule has 0 aliphatic carbocycles. The minimum atomic E-state index is -4.57. The first-order valence-corrected chi connectivity index (χ1v) is 6.33. The van der Waals surface area contributed by atoms with E-state index in [1.165, 1.54) is 19.2 Å². The van der Waals surface area contributed by atoms with E-state index in [0.717, 1.165) is 6.07 Å². The molecule has 2 N–H and O–H groups in total. The number of amides is 1. The molecule has 0 aliphatic rings. The first-order chi connectivity index (χ1) is 9.53. The average molecular weight is 304 g/mol. The van der Waals surface area contributed by atoms with E-state index in [0.29, 0.717) is 0 Å². The van der Waals surface area contributed by atoms with Gasteiger partial charge in [-0.05, 0) is 39.0 Å². The van der Waals surface area contributed by atoms with Crippen LogP contribution in [0.5, 0.6) is 5.75 Å². The predicted molar refractivity (Wildman–Crippen MR) is 74.4 cm³/mol. The van der Waals surface area contributed by atoms with Crippen LogP contribution in [0.4, 0.5) is 18.9 Å². The molecule has 0 bridgehead atoms. The fraction of sp³-hybridized carbons (Fsp3) is 0.500. The first kappa shape index (κ1) is 17.3. The van der Waals surface area contributed by atoms with Crippen molar-refractivity contribution in [2.24, 2.45) is 0 Å². The van der Waals surface area contributed by atoms with Gasteiger partial charge in [0.25, 0.3) is 0 Å². The number of alkyl halides is 3. The van der Waals surface area contributed by atoms with E-state index in [9.17, 15) is 18.0 Å². The minimum Gasteiger partial charge on any atom is -0.497 e. The van der Waals surface area contributed by atoms with Gasteiger partial charge in [-0.2, -0.15) is 13.2 Å². The van der Waals surface area contributed by atoms with Crippen molar-refractivity contribution >= 4 is 11.6 Å². The Balaban J connectivity index is 2.90. The summed E-state index contributed by atoms with van der Waals surface area (Å²) in [6.45, 7) is 5.49. The van der Waals surface area contributed by atoms with Gasteiger partial charge in [0, 0.05) is 5.54 Å². The van der Waals surface area contributed by atoms with Crippen LogP contribution < -0.4 is 15.4 Å². The molecule has 1 amide bonds. The molecule has 0 saturated carbocycles. The predicted octanol–water partition coefficient (Wildman–Crippen LogP) is 3.04. The van der Waals surface area contributed by atoms with Gasteiger partial charge in [-0.15, -0.1) is 0 Å². The number of ether oxygens (including phenoxy) is 1. The number of hydrogen-bond acceptors (Lipinski definition) is 3. The smallest absolute Gasteiger partial charge is 0.418 e. The molecule has 0 atom stereocenters. The lowest BCUT2D eigenvalue weighted by atomic mass is 10.1. The monoisotopic (exact) mass is 304 g/mol.